The van der Waals surface area contributed by atoms with Gasteiger partial charge in [-0.2, -0.15) is 0 Å². The number of nitrogens with zero attached hydrogens (tertiary/aromatic N) is 4. The van der Waals surface area contributed by atoms with Crippen molar-refractivity contribution in [2.24, 2.45) is 0 Å². The summed E-state index contributed by atoms with van der Waals surface area (Å²) in [6.07, 6.45) is 3.81. The second-order valence-electron chi connectivity index (χ2n) is 6.06. The average molecular weight is 403 g/mol. The minimum atomic E-state index is 0.399. The van der Waals surface area contributed by atoms with Crippen molar-refractivity contribution in [2.75, 3.05) is 31.1 Å². The van der Waals surface area contributed by atoms with E-state index in [4.69, 9.17) is 0 Å². The van der Waals surface area contributed by atoms with Crippen LogP contribution in [0.15, 0.2) is 46.5 Å². The Morgan fingerprint density at radius 2 is 1.92 bits per heavy atom. The Labute approximate surface area is 154 Å². The van der Waals surface area contributed by atoms with Crippen molar-refractivity contribution in [1.29, 1.82) is 0 Å². The van der Waals surface area contributed by atoms with E-state index >= 15 is 0 Å². The first-order valence-electron chi connectivity index (χ1n) is 8.15. The van der Waals surface area contributed by atoms with Crippen molar-refractivity contribution < 1.29 is 0 Å². The highest BCUT2D eigenvalue weighted by atomic mass is 79.9. The summed E-state index contributed by atoms with van der Waals surface area (Å²) in [6, 6.07) is 8.82. The molecule has 1 fully saturated rings. The fourth-order valence-corrected chi connectivity index (χ4v) is 4.42. The molecule has 6 heteroatoms. The van der Waals surface area contributed by atoms with E-state index in [1.165, 1.54) is 16.1 Å². The molecule has 1 atom stereocenters. The monoisotopic (exact) mass is 402 g/mol. The lowest BCUT2D eigenvalue weighted by Crippen LogP contribution is -2.47. The van der Waals surface area contributed by atoms with Gasteiger partial charge in [0, 0.05) is 59.5 Å². The van der Waals surface area contributed by atoms with Gasteiger partial charge >= 0.3 is 0 Å². The predicted molar refractivity (Wildman–Crippen MR) is 104 cm³/mol. The third kappa shape index (κ3) is 3.06. The van der Waals surface area contributed by atoms with E-state index in [9.17, 15) is 0 Å². The summed E-state index contributed by atoms with van der Waals surface area (Å²) < 4.78 is 1.10. The Hall–Kier alpha value is -1.50. The van der Waals surface area contributed by atoms with Gasteiger partial charge in [0.25, 0.3) is 0 Å². The van der Waals surface area contributed by atoms with Crippen molar-refractivity contribution >= 4 is 43.9 Å². The van der Waals surface area contributed by atoms with Crippen molar-refractivity contribution in [2.45, 2.75) is 13.0 Å². The average Bonchev–Trinajstić information content (AvgIpc) is 3.15. The highest BCUT2D eigenvalue weighted by molar-refractivity contribution is 9.10. The summed E-state index contributed by atoms with van der Waals surface area (Å²) in [6.45, 7) is 6.42. The molecule has 4 rings (SSSR count). The lowest BCUT2D eigenvalue weighted by Gasteiger charge is -2.38. The molecule has 1 saturated heterocycles. The van der Waals surface area contributed by atoms with E-state index in [0.29, 0.717) is 6.04 Å². The van der Waals surface area contributed by atoms with Crippen LogP contribution in [0.25, 0.3) is 10.9 Å². The Morgan fingerprint density at radius 1 is 1.08 bits per heavy atom. The van der Waals surface area contributed by atoms with Crippen molar-refractivity contribution in [3.05, 3.63) is 51.5 Å². The highest BCUT2D eigenvalue weighted by Gasteiger charge is 2.24. The van der Waals surface area contributed by atoms with E-state index < -0.39 is 0 Å². The van der Waals surface area contributed by atoms with Gasteiger partial charge in [-0.3, -0.25) is 9.88 Å². The number of benzene rings is 1. The standard InChI is InChI=1S/C18H19BrN4S/c1-13(18-21-6-11-24-18)22-7-9-23(10-8-22)17-4-5-20-16-3-2-14(19)12-15(16)17/h2-6,11-13H,7-10H2,1H3. The molecule has 1 aromatic carbocycles. The predicted octanol–water partition coefficient (Wildman–Crippen LogP) is 4.34. The van der Waals surface area contributed by atoms with Crippen LogP contribution in [0.3, 0.4) is 0 Å². The van der Waals surface area contributed by atoms with Gasteiger partial charge in [-0.05, 0) is 31.2 Å². The molecule has 0 saturated carbocycles. The molecule has 4 nitrogen and oxygen atoms in total. The molecular formula is C18H19BrN4S. The molecule has 1 unspecified atom stereocenters. The zero-order valence-corrected chi connectivity index (χ0v) is 15.9. The molecule has 0 radical (unpaired) electrons. The summed E-state index contributed by atoms with van der Waals surface area (Å²) in [7, 11) is 0. The van der Waals surface area contributed by atoms with Gasteiger partial charge in [-0.15, -0.1) is 11.3 Å². The third-order valence-corrected chi connectivity index (χ3v) is 6.13. The van der Waals surface area contributed by atoms with Gasteiger partial charge < -0.3 is 4.90 Å². The Morgan fingerprint density at radius 3 is 2.67 bits per heavy atom. The molecule has 1 aliphatic heterocycles. The van der Waals surface area contributed by atoms with Gasteiger partial charge in [-0.25, -0.2) is 4.98 Å². The van der Waals surface area contributed by atoms with Crippen LogP contribution in [-0.4, -0.2) is 41.0 Å². The molecule has 0 N–H and O–H groups in total. The Kier molecular flexibility index (Phi) is 4.52. The SMILES string of the molecule is CC(c1nccs1)N1CCN(c2ccnc3ccc(Br)cc23)CC1. The van der Waals surface area contributed by atoms with Gasteiger partial charge in [-0.1, -0.05) is 15.9 Å². The second kappa shape index (κ2) is 6.78. The number of pyridine rings is 1. The summed E-state index contributed by atoms with van der Waals surface area (Å²) in [4.78, 5) is 14.0. The number of aromatic nitrogens is 2. The normalized spacial score (nSPS) is 17.3. The van der Waals surface area contributed by atoms with Gasteiger partial charge in [0.15, 0.2) is 0 Å². The van der Waals surface area contributed by atoms with Crippen LogP contribution in [0.2, 0.25) is 0 Å². The molecule has 0 aliphatic carbocycles. The van der Waals surface area contributed by atoms with Crippen LogP contribution >= 0.6 is 27.3 Å². The largest absolute Gasteiger partial charge is 0.368 e. The highest BCUT2D eigenvalue weighted by Crippen LogP contribution is 2.30. The van der Waals surface area contributed by atoms with E-state index in [0.717, 1.165) is 36.2 Å². The lowest BCUT2D eigenvalue weighted by atomic mass is 10.1. The van der Waals surface area contributed by atoms with E-state index in [1.807, 2.05) is 18.5 Å². The quantitative estimate of drug-likeness (QED) is 0.652. The molecule has 3 heterocycles. The van der Waals surface area contributed by atoms with Crippen molar-refractivity contribution in [3.8, 4) is 0 Å². The van der Waals surface area contributed by atoms with E-state index in [2.05, 4.69) is 66.2 Å². The maximum atomic E-state index is 4.49. The van der Waals surface area contributed by atoms with Crippen LogP contribution in [-0.2, 0) is 0 Å². The molecule has 24 heavy (non-hydrogen) atoms. The van der Waals surface area contributed by atoms with Crippen LogP contribution in [0, 0.1) is 0 Å². The first kappa shape index (κ1) is 16.0. The van der Waals surface area contributed by atoms with Crippen molar-refractivity contribution in [3.63, 3.8) is 0 Å². The topological polar surface area (TPSA) is 32.3 Å². The number of thiazole rings is 1. The molecule has 3 aromatic rings. The number of halogens is 1. The molecule has 0 bridgehead atoms. The number of rotatable bonds is 3. The summed E-state index contributed by atoms with van der Waals surface area (Å²) >= 11 is 5.33. The third-order valence-electron chi connectivity index (χ3n) is 4.69. The summed E-state index contributed by atoms with van der Waals surface area (Å²) in [5.74, 6) is 0. The van der Waals surface area contributed by atoms with Crippen LogP contribution in [0.5, 0.6) is 0 Å². The number of hydrogen-bond acceptors (Lipinski definition) is 5. The van der Waals surface area contributed by atoms with E-state index in [1.54, 1.807) is 11.3 Å². The lowest BCUT2D eigenvalue weighted by molar-refractivity contribution is 0.198. The van der Waals surface area contributed by atoms with Gasteiger partial charge in [0.1, 0.15) is 5.01 Å². The maximum absolute atomic E-state index is 4.49. The Bertz CT molecular complexity index is 828. The molecule has 0 amide bonds. The Balaban J connectivity index is 1.53. The number of anilines is 1. The van der Waals surface area contributed by atoms with Crippen LogP contribution < -0.4 is 4.90 Å². The minimum Gasteiger partial charge on any atom is -0.368 e. The number of hydrogen-bond donors (Lipinski definition) is 0. The smallest absolute Gasteiger partial charge is 0.109 e. The van der Waals surface area contributed by atoms with Gasteiger partial charge in [0.05, 0.1) is 11.6 Å². The zero-order valence-electron chi connectivity index (χ0n) is 13.5. The molecule has 1 aliphatic rings. The molecular weight excluding hydrogens is 384 g/mol. The zero-order chi connectivity index (χ0) is 16.5. The van der Waals surface area contributed by atoms with E-state index in [-0.39, 0.29) is 0 Å². The molecule has 124 valence electrons. The fourth-order valence-electron chi connectivity index (χ4n) is 3.33. The first-order chi connectivity index (χ1) is 11.7. The number of fused-ring (bicyclic) bond motifs is 1. The summed E-state index contributed by atoms with van der Waals surface area (Å²) in [5, 5.41) is 4.48. The first-order valence-corrected chi connectivity index (χ1v) is 9.82. The second-order valence-corrected chi connectivity index (χ2v) is 7.90. The molecule has 0 spiro atoms. The van der Waals surface area contributed by atoms with Crippen molar-refractivity contribution in [1.82, 2.24) is 14.9 Å². The molecule has 2 aromatic heterocycles. The van der Waals surface area contributed by atoms with Crippen LogP contribution in [0.4, 0.5) is 5.69 Å². The maximum Gasteiger partial charge on any atom is 0.109 e. The van der Waals surface area contributed by atoms with Crippen LogP contribution in [0.1, 0.15) is 18.0 Å². The number of piperazine rings is 1. The van der Waals surface area contributed by atoms with Gasteiger partial charge in [0.2, 0.25) is 0 Å². The minimum absolute atomic E-state index is 0.399. The fraction of sp³-hybridized carbons (Fsp3) is 0.333. The summed E-state index contributed by atoms with van der Waals surface area (Å²) in [5.41, 5.74) is 2.33.